The molecule has 2 heterocycles. The van der Waals surface area contributed by atoms with Gasteiger partial charge in [0.05, 0.1) is 11.0 Å². The molecule has 0 aliphatic heterocycles. The molecule has 2 aromatic heterocycles. The van der Waals surface area contributed by atoms with Crippen molar-refractivity contribution in [1.29, 1.82) is 0 Å². The van der Waals surface area contributed by atoms with Crippen molar-refractivity contribution in [2.45, 2.75) is 13.8 Å². The lowest BCUT2D eigenvalue weighted by Gasteiger charge is -2.04. The minimum atomic E-state index is 0.926. The van der Waals surface area contributed by atoms with Crippen LogP contribution in [0.25, 0.3) is 46.1 Å². The minimum absolute atomic E-state index is 0.926. The van der Waals surface area contributed by atoms with Gasteiger partial charge < -0.3 is 0 Å². The van der Waals surface area contributed by atoms with Crippen molar-refractivity contribution in [3.63, 3.8) is 0 Å². The average Bonchev–Trinajstić information content (AvgIpc) is 2.91. The standard InChI is InChI=1S/C34H28N2/c1-25-11-15-27(16-12-25)7-3-5-9-29-21-31-19-20-32-22-30(24-36-34(32)33(31)35-23-29)10-6-4-8-28-17-13-26(2)14-18-28/h3-24H,1-2H3. The maximum absolute atomic E-state index is 4.73. The molecule has 5 aromatic rings. The summed E-state index contributed by atoms with van der Waals surface area (Å²) in [6.07, 6.45) is 20.4. The van der Waals surface area contributed by atoms with Crippen LogP contribution < -0.4 is 0 Å². The first-order valence-electron chi connectivity index (χ1n) is 12.2. The third kappa shape index (κ3) is 5.73. The van der Waals surface area contributed by atoms with Crippen molar-refractivity contribution in [3.8, 4) is 0 Å². The van der Waals surface area contributed by atoms with Crippen LogP contribution in [0.2, 0.25) is 0 Å². The van der Waals surface area contributed by atoms with Gasteiger partial charge >= 0.3 is 0 Å². The van der Waals surface area contributed by atoms with Crippen molar-refractivity contribution >= 4 is 46.1 Å². The van der Waals surface area contributed by atoms with E-state index in [9.17, 15) is 0 Å². The van der Waals surface area contributed by atoms with Gasteiger partial charge in [0, 0.05) is 23.2 Å². The Morgan fingerprint density at radius 1 is 0.444 bits per heavy atom. The van der Waals surface area contributed by atoms with Gasteiger partial charge in [0.2, 0.25) is 0 Å². The average molecular weight is 465 g/mol. The molecule has 2 heteroatoms. The van der Waals surface area contributed by atoms with E-state index in [2.05, 4.69) is 123 Å². The third-order valence-corrected chi connectivity index (χ3v) is 6.08. The Bertz CT molecular complexity index is 1490. The predicted molar refractivity (Wildman–Crippen MR) is 156 cm³/mol. The molecule has 0 aliphatic carbocycles. The Labute approximate surface area is 212 Å². The van der Waals surface area contributed by atoms with E-state index in [0.717, 1.165) is 32.9 Å². The van der Waals surface area contributed by atoms with E-state index in [4.69, 9.17) is 9.97 Å². The van der Waals surface area contributed by atoms with Crippen molar-refractivity contribution in [3.05, 3.63) is 143 Å². The predicted octanol–water partition coefficient (Wildman–Crippen LogP) is 8.85. The fourth-order valence-corrected chi connectivity index (χ4v) is 4.03. The van der Waals surface area contributed by atoms with Gasteiger partial charge in [-0.05, 0) is 48.2 Å². The Kier molecular flexibility index (Phi) is 6.95. The second-order valence-corrected chi connectivity index (χ2v) is 9.00. The lowest BCUT2D eigenvalue weighted by molar-refractivity contribution is 1.36. The van der Waals surface area contributed by atoms with Crippen molar-refractivity contribution in [1.82, 2.24) is 9.97 Å². The van der Waals surface area contributed by atoms with Crippen LogP contribution >= 0.6 is 0 Å². The quantitative estimate of drug-likeness (QED) is 0.185. The van der Waals surface area contributed by atoms with Crippen LogP contribution in [-0.4, -0.2) is 9.97 Å². The van der Waals surface area contributed by atoms with Crippen molar-refractivity contribution in [2.75, 3.05) is 0 Å². The molecule has 0 spiro atoms. The highest BCUT2D eigenvalue weighted by Crippen LogP contribution is 2.24. The summed E-state index contributed by atoms with van der Waals surface area (Å²) in [5.74, 6) is 0. The minimum Gasteiger partial charge on any atom is -0.253 e. The van der Waals surface area contributed by atoms with Gasteiger partial charge in [-0.2, -0.15) is 0 Å². The summed E-state index contributed by atoms with van der Waals surface area (Å²) in [5, 5.41) is 2.17. The molecule has 2 nitrogen and oxygen atoms in total. The van der Waals surface area contributed by atoms with Crippen LogP contribution in [0.3, 0.4) is 0 Å². The third-order valence-electron chi connectivity index (χ3n) is 6.08. The molecule has 0 radical (unpaired) electrons. The summed E-state index contributed by atoms with van der Waals surface area (Å²) in [4.78, 5) is 9.47. The number of benzene rings is 3. The lowest BCUT2D eigenvalue weighted by atomic mass is 10.1. The number of pyridine rings is 2. The van der Waals surface area contributed by atoms with Crippen LogP contribution in [0.5, 0.6) is 0 Å². The van der Waals surface area contributed by atoms with Gasteiger partial charge in [-0.3, -0.25) is 9.97 Å². The Hall–Kier alpha value is -4.56. The number of fused-ring (bicyclic) bond motifs is 3. The second kappa shape index (κ2) is 10.8. The zero-order chi connectivity index (χ0) is 24.7. The summed E-state index contributed by atoms with van der Waals surface area (Å²) < 4.78 is 0. The van der Waals surface area contributed by atoms with Crippen LogP contribution in [-0.2, 0) is 0 Å². The first-order chi connectivity index (χ1) is 17.6. The molecule has 3 aromatic carbocycles. The first-order valence-corrected chi connectivity index (χ1v) is 12.2. The molecule has 0 amide bonds. The lowest BCUT2D eigenvalue weighted by Crippen LogP contribution is -1.87. The highest BCUT2D eigenvalue weighted by atomic mass is 14.7. The van der Waals surface area contributed by atoms with E-state index >= 15 is 0 Å². The van der Waals surface area contributed by atoms with Crippen LogP contribution in [0.15, 0.2) is 109 Å². The summed E-state index contributed by atoms with van der Waals surface area (Å²) in [7, 11) is 0. The Morgan fingerprint density at radius 3 is 1.19 bits per heavy atom. The number of hydrogen-bond donors (Lipinski definition) is 0. The molecule has 0 bridgehead atoms. The van der Waals surface area contributed by atoms with E-state index in [0.29, 0.717) is 0 Å². The van der Waals surface area contributed by atoms with Gasteiger partial charge in [0.15, 0.2) is 0 Å². The smallest absolute Gasteiger partial charge is 0.0964 e. The van der Waals surface area contributed by atoms with E-state index in [1.165, 1.54) is 22.3 Å². The summed E-state index contributed by atoms with van der Waals surface area (Å²) >= 11 is 0. The second-order valence-electron chi connectivity index (χ2n) is 9.00. The van der Waals surface area contributed by atoms with Crippen LogP contribution in [0.4, 0.5) is 0 Å². The van der Waals surface area contributed by atoms with E-state index in [-0.39, 0.29) is 0 Å². The molecular weight excluding hydrogens is 436 g/mol. The van der Waals surface area contributed by atoms with Gasteiger partial charge in [0.1, 0.15) is 0 Å². The Morgan fingerprint density at radius 2 is 0.806 bits per heavy atom. The molecule has 0 unspecified atom stereocenters. The maximum Gasteiger partial charge on any atom is 0.0964 e. The molecule has 0 aliphatic rings. The molecule has 5 rings (SSSR count). The molecular formula is C34H28N2. The van der Waals surface area contributed by atoms with Crippen LogP contribution in [0, 0.1) is 13.8 Å². The monoisotopic (exact) mass is 464 g/mol. The molecule has 0 atom stereocenters. The molecule has 174 valence electrons. The SMILES string of the molecule is Cc1ccc(C=CC=Cc2cnc3c(ccc4cc(C=CC=Cc5ccc(C)cc5)cnc43)c2)cc1. The molecule has 0 N–H and O–H groups in total. The number of rotatable bonds is 6. The van der Waals surface area contributed by atoms with Crippen molar-refractivity contribution in [2.24, 2.45) is 0 Å². The van der Waals surface area contributed by atoms with Gasteiger partial charge in [-0.25, -0.2) is 0 Å². The summed E-state index contributed by atoms with van der Waals surface area (Å²) in [5.41, 5.74) is 8.90. The topological polar surface area (TPSA) is 25.8 Å². The van der Waals surface area contributed by atoms with Gasteiger partial charge in [-0.1, -0.05) is 120 Å². The highest BCUT2D eigenvalue weighted by molar-refractivity contribution is 6.03. The zero-order valence-electron chi connectivity index (χ0n) is 20.6. The fraction of sp³-hybridized carbons (Fsp3) is 0.0588. The van der Waals surface area contributed by atoms with Crippen LogP contribution in [0.1, 0.15) is 33.4 Å². The van der Waals surface area contributed by atoms with Gasteiger partial charge in [0.25, 0.3) is 0 Å². The molecule has 0 fully saturated rings. The normalized spacial score (nSPS) is 12.3. The zero-order valence-corrected chi connectivity index (χ0v) is 20.6. The van der Waals surface area contributed by atoms with Gasteiger partial charge in [-0.15, -0.1) is 0 Å². The summed E-state index contributed by atoms with van der Waals surface area (Å²) in [6, 6.07) is 25.5. The number of nitrogens with zero attached hydrogens (tertiary/aromatic N) is 2. The number of aryl methyl sites for hydroxylation is 2. The summed E-state index contributed by atoms with van der Waals surface area (Å²) in [6.45, 7) is 4.20. The largest absolute Gasteiger partial charge is 0.253 e. The van der Waals surface area contributed by atoms with E-state index < -0.39 is 0 Å². The number of allylic oxidation sites excluding steroid dienone is 4. The van der Waals surface area contributed by atoms with Crippen molar-refractivity contribution < 1.29 is 0 Å². The molecule has 0 saturated heterocycles. The Balaban J connectivity index is 1.30. The number of aromatic nitrogens is 2. The molecule has 0 saturated carbocycles. The number of hydrogen-bond acceptors (Lipinski definition) is 2. The maximum atomic E-state index is 4.73. The van der Waals surface area contributed by atoms with E-state index in [1.54, 1.807) is 0 Å². The first kappa shape index (κ1) is 23.2. The van der Waals surface area contributed by atoms with E-state index in [1.807, 2.05) is 24.5 Å². The fourth-order valence-electron chi connectivity index (χ4n) is 4.03. The highest BCUT2D eigenvalue weighted by Gasteiger charge is 2.04. The molecule has 36 heavy (non-hydrogen) atoms.